The molecule has 0 aliphatic carbocycles. The fourth-order valence-corrected chi connectivity index (χ4v) is 2.87. The molecular weight excluding hydrogens is 298 g/mol. The van der Waals surface area contributed by atoms with E-state index < -0.39 is 31.1 Å². The van der Waals surface area contributed by atoms with E-state index in [1.807, 2.05) is 6.26 Å². The highest BCUT2D eigenvalue weighted by molar-refractivity contribution is 7.98. The van der Waals surface area contributed by atoms with Crippen molar-refractivity contribution in [1.82, 2.24) is 19.5 Å². The third-order valence-electron chi connectivity index (χ3n) is 3.39. The first-order valence-corrected chi connectivity index (χ1v) is 7.45. The van der Waals surface area contributed by atoms with Gasteiger partial charge < -0.3 is 25.8 Å². The van der Waals surface area contributed by atoms with Crippen LogP contribution in [0.2, 0.25) is 0 Å². The molecule has 2 aromatic rings. The highest BCUT2D eigenvalue weighted by Crippen LogP contribution is 2.32. The van der Waals surface area contributed by atoms with Gasteiger partial charge in [-0.15, -0.1) is 11.8 Å². The van der Waals surface area contributed by atoms with E-state index in [0.717, 1.165) is 0 Å². The lowest BCUT2D eigenvalue weighted by molar-refractivity contribution is -0.0511. The van der Waals surface area contributed by atoms with Crippen LogP contribution in [0.4, 0.5) is 5.95 Å². The van der Waals surface area contributed by atoms with E-state index in [1.165, 1.54) is 22.7 Å². The van der Waals surface area contributed by atoms with Crippen molar-refractivity contribution in [2.24, 2.45) is 0 Å². The second kappa shape index (κ2) is 5.39. The van der Waals surface area contributed by atoms with E-state index in [-0.39, 0.29) is 5.95 Å². The van der Waals surface area contributed by atoms with Crippen LogP contribution in [0.3, 0.4) is 0 Å². The molecule has 1 aliphatic heterocycles. The summed E-state index contributed by atoms with van der Waals surface area (Å²) in [6.45, 7) is -0.394. The summed E-state index contributed by atoms with van der Waals surface area (Å²) in [6.07, 6.45) is -0.858. The quantitative estimate of drug-likeness (QED) is 0.404. The minimum absolute atomic E-state index is 0.0837. The summed E-state index contributed by atoms with van der Waals surface area (Å²) in [5.41, 5.74) is 6.61. The zero-order valence-electron chi connectivity index (χ0n) is 11.1. The Morgan fingerprint density at radius 1 is 1.38 bits per heavy atom. The zero-order valence-corrected chi connectivity index (χ0v) is 11.9. The number of rotatable bonds is 3. The number of hydrogen-bond acceptors (Lipinski definition) is 9. The molecule has 0 spiro atoms. The average molecular weight is 313 g/mol. The van der Waals surface area contributed by atoms with Crippen molar-refractivity contribution in [3.63, 3.8) is 0 Å². The maximum atomic E-state index is 10.1. The fraction of sp³-hybridized carbons (Fsp3) is 0.545. The van der Waals surface area contributed by atoms with Crippen LogP contribution in [0.1, 0.15) is 6.23 Å². The number of nitrogen functional groups attached to an aromatic ring is 1. The molecule has 4 atom stereocenters. The van der Waals surface area contributed by atoms with Crippen molar-refractivity contribution in [3.05, 3.63) is 6.33 Å². The molecule has 0 bridgehead atoms. The van der Waals surface area contributed by atoms with Gasteiger partial charge in [-0.25, -0.2) is 9.97 Å². The van der Waals surface area contributed by atoms with Gasteiger partial charge in [0.25, 0.3) is 0 Å². The molecule has 1 aliphatic rings. The number of aliphatic hydroxyl groups excluding tert-OH is 3. The smallest absolute Gasteiger partial charge is 0.223 e. The van der Waals surface area contributed by atoms with Gasteiger partial charge in [0.1, 0.15) is 28.9 Å². The van der Waals surface area contributed by atoms with E-state index in [2.05, 4.69) is 15.0 Å². The second-order valence-corrected chi connectivity index (χ2v) is 5.44. The molecule has 2 aromatic heterocycles. The number of aromatic nitrogens is 4. The molecule has 0 saturated carbocycles. The molecular formula is C11H15N5O4S. The van der Waals surface area contributed by atoms with Crippen LogP contribution in [0.5, 0.6) is 0 Å². The Morgan fingerprint density at radius 3 is 2.76 bits per heavy atom. The first kappa shape index (κ1) is 14.5. The number of aliphatic hydroxyl groups is 3. The van der Waals surface area contributed by atoms with Gasteiger partial charge in [-0.05, 0) is 6.26 Å². The Kier molecular flexibility index (Phi) is 3.71. The van der Waals surface area contributed by atoms with Crippen LogP contribution in [0, 0.1) is 0 Å². The summed E-state index contributed by atoms with van der Waals surface area (Å²) in [5, 5.41) is 29.6. The average Bonchev–Trinajstić information content (AvgIpc) is 3.01. The molecule has 114 valence electrons. The highest BCUT2D eigenvalue weighted by Gasteiger charge is 2.44. The van der Waals surface area contributed by atoms with Crippen LogP contribution >= 0.6 is 11.8 Å². The van der Waals surface area contributed by atoms with Crippen LogP contribution < -0.4 is 5.73 Å². The lowest BCUT2D eigenvalue weighted by Crippen LogP contribution is -2.33. The van der Waals surface area contributed by atoms with E-state index in [0.29, 0.717) is 16.2 Å². The summed E-state index contributed by atoms with van der Waals surface area (Å²) in [4.78, 5) is 12.4. The number of fused-ring (bicyclic) bond motifs is 1. The lowest BCUT2D eigenvalue weighted by atomic mass is 10.1. The van der Waals surface area contributed by atoms with Crippen LogP contribution in [0.25, 0.3) is 11.2 Å². The van der Waals surface area contributed by atoms with Crippen LogP contribution in [-0.4, -0.2) is 66.0 Å². The van der Waals surface area contributed by atoms with E-state index in [1.54, 1.807) is 0 Å². The topological polar surface area (TPSA) is 140 Å². The van der Waals surface area contributed by atoms with Gasteiger partial charge in [0.15, 0.2) is 11.9 Å². The van der Waals surface area contributed by atoms with Gasteiger partial charge in [-0.2, -0.15) is 4.98 Å². The van der Waals surface area contributed by atoms with E-state index in [4.69, 9.17) is 15.6 Å². The number of imidazole rings is 1. The van der Waals surface area contributed by atoms with Crippen molar-refractivity contribution in [2.75, 3.05) is 18.6 Å². The highest BCUT2D eigenvalue weighted by atomic mass is 32.2. The zero-order chi connectivity index (χ0) is 15.1. The third-order valence-corrected chi connectivity index (χ3v) is 4.06. The summed E-state index contributed by atoms with van der Waals surface area (Å²) in [5.74, 6) is 0.0837. The van der Waals surface area contributed by atoms with E-state index >= 15 is 0 Å². The monoisotopic (exact) mass is 313 g/mol. The minimum Gasteiger partial charge on any atom is -0.394 e. The Bertz CT molecular complexity index is 665. The molecule has 3 rings (SSSR count). The van der Waals surface area contributed by atoms with Crippen molar-refractivity contribution >= 4 is 28.9 Å². The molecule has 1 fully saturated rings. The van der Waals surface area contributed by atoms with Gasteiger partial charge >= 0.3 is 0 Å². The normalized spacial score (nSPS) is 29.3. The Hall–Kier alpha value is -1.46. The second-order valence-electron chi connectivity index (χ2n) is 4.64. The van der Waals surface area contributed by atoms with Gasteiger partial charge in [-0.3, -0.25) is 4.57 Å². The molecule has 3 heterocycles. The maximum absolute atomic E-state index is 10.1. The summed E-state index contributed by atoms with van der Waals surface area (Å²) >= 11 is 1.38. The molecule has 1 saturated heterocycles. The molecule has 0 amide bonds. The molecule has 10 heteroatoms. The number of thioether (sulfide) groups is 1. The Labute approximate surface area is 123 Å². The third kappa shape index (κ3) is 2.24. The van der Waals surface area contributed by atoms with E-state index in [9.17, 15) is 10.2 Å². The molecule has 21 heavy (non-hydrogen) atoms. The number of ether oxygens (including phenoxy) is 1. The predicted molar refractivity (Wildman–Crippen MR) is 74.5 cm³/mol. The Morgan fingerprint density at radius 2 is 2.14 bits per heavy atom. The summed E-state index contributed by atoms with van der Waals surface area (Å²) in [6, 6.07) is 0. The largest absolute Gasteiger partial charge is 0.394 e. The van der Waals surface area contributed by atoms with Gasteiger partial charge in [0, 0.05) is 0 Å². The van der Waals surface area contributed by atoms with Crippen molar-refractivity contribution in [1.29, 1.82) is 0 Å². The number of anilines is 1. The van der Waals surface area contributed by atoms with Crippen molar-refractivity contribution < 1.29 is 20.1 Å². The SMILES string of the molecule is CSc1nc(N)nc2c1ncn2[C@@H]1O[C@@H](CO)[C@@H](O)[C@H]1O. The fourth-order valence-electron chi connectivity index (χ4n) is 2.35. The van der Waals surface area contributed by atoms with Crippen LogP contribution in [-0.2, 0) is 4.74 Å². The van der Waals surface area contributed by atoms with Gasteiger partial charge in [0.05, 0.1) is 12.9 Å². The Balaban J connectivity index is 2.07. The first-order valence-electron chi connectivity index (χ1n) is 6.23. The first-order chi connectivity index (χ1) is 10.1. The minimum atomic E-state index is -1.20. The molecule has 5 N–H and O–H groups in total. The molecule has 0 aromatic carbocycles. The van der Waals surface area contributed by atoms with Gasteiger partial charge in [0.2, 0.25) is 5.95 Å². The lowest BCUT2D eigenvalue weighted by Gasteiger charge is -2.16. The molecule has 0 unspecified atom stereocenters. The van der Waals surface area contributed by atoms with Crippen molar-refractivity contribution in [2.45, 2.75) is 29.6 Å². The number of hydrogen-bond donors (Lipinski definition) is 4. The molecule has 0 radical (unpaired) electrons. The summed E-state index contributed by atoms with van der Waals surface area (Å²) in [7, 11) is 0. The molecule has 9 nitrogen and oxygen atoms in total. The predicted octanol–water partition coefficient (Wildman–Crippen LogP) is -1.26. The maximum Gasteiger partial charge on any atom is 0.223 e. The standard InChI is InChI=1S/C11H15N5O4S/c1-21-9-5-8(14-11(12)15-9)16(3-13-5)10-7(19)6(18)4(2-17)20-10/h3-4,6-7,10,17-19H,2H2,1H3,(H2,12,14,15)/t4-,6+,7+,10+/m0/s1. The number of nitrogens with zero attached hydrogens (tertiary/aromatic N) is 4. The van der Waals surface area contributed by atoms with Crippen molar-refractivity contribution in [3.8, 4) is 0 Å². The van der Waals surface area contributed by atoms with Crippen LogP contribution in [0.15, 0.2) is 11.4 Å². The number of nitrogens with two attached hydrogens (primary N) is 1. The van der Waals surface area contributed by atoms with Gasteiger partial charge in [-0.1, -0.05) is 0 Å². The summed E-state index contributed by atoms with van der Waals surface area (Å²) < 4.78 is 6.95.